The van der Waals surface area contributed by atoms with E-state index >= 15 is 0 Å². The van der Waals surface area contributed by atoms with Crippen LogP contribution in [0.2, 0.25) is 0 Å². The van der Waals surface area contributed by atoms with Gasteiger partial charge in [0.1, 0.15) is 5.82 Å². The number of nitrogens with one attached hydrogen (secondary N) is 1. The highest BCUT2D eigenvalue weighted by molar-refractivity contribution is 5.17. The standard InChI is InChI=1S/C15H23FN2/c1-3-7-18-15(14-6-4-5-11(14)2)12-8-13(16)10-17-9-12/h8-11,14-15,18H,3-7H2,1-2H3. The van der Waals surface area contributed by atoms with Crippen molar-refractivity contribution >= 4 is 0 Å². The average molecular weight is 250 g/mol. The van der Waals surface area contributed by atoms with Gasteiger partial charge in [-0.25, -0.2) is 4.39 Å². The normalized spacial score (nSPS) is 25.3. The Morgan fingerprint density at radius 3 is 2.89 bits per heavy atom. The van der Waals surface area contributed by atoms with Gasteiger partial charge < -0.3 is 5.32 Å². The van der Waals surface area contributed by atoms with Crippen LogP contribution < -0.4 is 5.32 Å². The molecule has 1 fully saturated rings. The predicted octanol–water partition coefficient (Wildman–Crippen LogP) is 3.70. The lowest BCUT2D eigenvalue weighted by Gasteiger charge is -2.28. The molecule has 0 amide bonds. The van der Waals surface area contributed by atoms with Crippen LogP contribution in [0.15, 0.2) is 18.5 Å². The van der Waals surface area contributed by atoms with Crippen LogP contribution in [0, 0.1) is 17.7 Å². The molecule has 0 spiro atoms. The van der Waals surface area contributed by atoms with E-state index in [9.17, 15) is 4.39 Å². The van der Waals surface area contributed by atoms with Gasteiger partial charge in [0.2, 0.25) is 0 Å². The van der Waals surface area contributed by atoms with Gasteiger partial charge in [0.25, 0.3) is 0 Å². The molecule has 0 aliphatic heterocycles. The first-order valence-electron chi connectivity index (χ1n) is 7.06. The van der Waals surface area contributed by atoms with Gasteiger partial charge in [-0.3, -0.25) is 4.98 Å². The van der Waals surface area contributed by atoms with Crippen molar-refractivity contribution in [2.75, 3.05) is 6.54 Å². The highest BCUT2D eigenvalue weighted by Crippen LogP contribution is 2.39. The van der Waals surface area contributed by atoms with Gasteiger partial charge >= 0.3 is 0 Å². The molecule has 18 heavy (non-hydrogen) atoms. The second-order valence-corrected chi connectivity index (χ2v) is 5.44. The second kappa shape index (κ2) is 6.28. The van der Waals surface area contributed by atoms with Crippen molar-refractivity contribution in [1.82, 2.24) is 10.3 Å². The van der Waals surface area contributed by atoms with Crippen LogP contribution in [0.3, 0.4) is 0 Å². The molecule has 100 valence electrons. The number of hydrogen-bond donors (Lipinski definition) is 1. The fourth-order valence-electron chi connectivity index (χ4n) is 3.08. The molecular formula is C15H23FN2. The maximum Gasteiger partial charge on any atom is 0.141 e. The summed E-state index contributed by atoms with van der Waals surface area (Å²) < 4.78 is 13.3. The number of nitrogens with zero attached hydrogens (tertiary/aromatic N) is 1. The molecule has 1 aliphatic carbocycles. The summed E-state index contributed by atoms with van der Waals surface area (Å²) in [6, 6.07) is 1.89. The maximum absolute atomic E-state index is 13.3. The molecule has 1 saturated carbocycles. The van der Waals surface area contributed by atoms with Gasteiger partial charge in [0, 0.05) is 12.2 Å². The van der Waals surface area contributed by atoms with Gasteiger partial charge in [-0.1, -0.05) is 26.7 Å². The first-order valence-corrected chi connectivity index (χ1v) is 7.06. The van der Waals surface area contributed by atoms with Crippen molar-refractivity contribution in [1.29, 1.82) is 0 Å². The van der Waals surface area contributed by atoms with Crippen molar-refractivity contribution < 1.29 is 4.39 Å². The molecule has 0 saturated heterocycles. The van der Waals surface area contributed by atoms with Crippen LogP contribution in [0.1, 0.15) is 51.1 Å². The summed E-state index contributed by atoms with van der Waals surface area (Å²) >= 11 is 0. The quantitative estimate of drug-likeness (QED) is 0.862. The Labute approximate surface area is 109 Å². The molecule has 0 bridgehead atoms. The van der Waals surface area contributed by atoms with Crippen molar-refractivity contribution in [2.45, 2.75) is 45.6 Å². The molecule has 1 heterocycles. The molecule has 0 aromatic carbocycles. The van der Waals surface area contributed by atoms with Gasteiger partial charge in [0.05, 0.1) is 6.20 Å². The number of rotatable bonds is 5. The molecule has 0 radical (unpaired) electrons. The number of hydrogen-bond acceptors (Lipinski definition) is 2. The van der Waals surface area contributed by atoms with E-state index in [2.05, 4.69) is 24.1 Å². The van der Waals surface area contributed by atoms with Crippen LogP contribution in [0.4, 0.5) is 4.39 Å². The molecule has 1 aromatic heterocycles. The van der Waals surface area contributed by atoms with Crippen molar-refractivity contribution in [3.05, 3.63) is 29.8 Å². The van der Waals surface area contributed by atoms with Crippen molar-refractivity contribution in [3.63, 3.8) is 0 Å². The predicted molar refractivity (Wildman–Crippen MR) is 71.7 cm³/mol. The van der Waals surface area contributed by atoms with Gasteiger partial charge in [-0.05, 0) is 42.9 Å². The minimum Gasteiger partial charge on any atom is -0.310 e. The summed E-state index contributed by atoms with van der Waals surface area (Å²) in [6.45, 7) is 5.45. The smallest absolute Gasteiger partial charge is 0.141 e. The lowest BCUT2D eigenvalue weighted by molar-refractivity contribution is 0.301. The Balaban J connectivity index is 2.18. The zero-order valence-corrected chi connectivity index (χ0v) is 11.3. The monoisotopic (exact) mass is 250 g/mol. The van der Waals surface area contributed by atoms with Crippen LogP contribution >= 0.6 is 0 Å². The summed E-state index contributed by atoms with van der Waals surface area (Å²) in [7, 11) is 0. The van der Waals surface area contributed by atoms with E-state index in [1.165, 1.54) is 25.5 Å². The maximum atomic E-state index is 13.3. The molecule has 2 rings (SSSR count). The summed E-state index contributed by atoms with van der Waals surface area (Å²) in [5.74, 6) is 1.09. The third-order valence-electron chi connectivity index (χ3n) is 4.06. The molecule has 3 atom stereocenters. The zero-order chi connectivity index (χ0) is 13.0. The first kappa shape index (κ1) is 13.5. The Hall–Kier alpha value is -0.960. The van der Waals surface area contributed by atoms with E-state index < -0.39 is 0 Å². The lowest BCUT2D eigenvalue weighted by Crippen LogP contribution is -2.30. The van der Waals surface area contributed by atoms with E-state index in [-0.39, 0.29) is 11.9 Å². The highest BCUT2D eigenvalue weighted by atomic mass is 19.1. The number of halogens is 1. The average Bonchev–Trinajstić information content (AvgIpc) is 2.77. The first-order chi connectivity index (χ1) is 8.72. The Morgan fingerprint density at radius 1 is 1.44 bits per heavy atom. The largest absolute Gasteiger partial charge is 0.310 e. The molecule has 3 heteroatoms. The fraction of sp³-hybridized carbons (Fsp3) is 0.667. The topological polar surface area (TPSA) is 24.9 Å². The molecule has 1 aromatic rings. The summed E-state index contributed by atoms with van der Waals surface area (Å²) in [6.07, 6.45) is 8.00. The minimum atomic E-state index is -0.235. The third-order valence-corrected chi connectivity index (χ3v) is 4.06. The third kappa shape index (κ3) is 3.08. The lowest BCUT2D eigenvalue weighted by atomic mass is 9.86. The molecule has 1 aliphatic rings. The number of aromatic nitrogens is 1. The second-order valence-electron chi connectivity index (χ2n) is 5.44. The number of pyridine rings is 1. The Morgan fingerprint density at radius 2 is 2.28 bits per heavy atom. The highest BCUT2D eigenvalue weighted by Gasteiger charge is 2.31. The minimum absolute atomic E-state index is 0.235. The van der Waals surface area contributed by atoms with E-state index in [4.69, 9.17) is 0 Å². The van der Waals surface area contributed by atoms with E-state index in [0.717, 1.165) is 18.5 Å². The van der Waals surface area contributed by atoms with E-state index in [1.54, 1.807) is 12.3 Å². The van der Waals surface area contributed by atoms with Crippen LogP contribution in [0.5, 0.6) is 0 Å². The van der Waals surface area contributed by atoms with Crippen molar-refractivity contribution in [2.24, 2.45) is 11.8 Å². The fourth-order valence-corrected chi connectivity index (χ4v) is 3.08. The Kier molecular flexibility index (Phi) is 4.70. The molecule has 2 nitrogen and oxygen atoms in total. The summed E-state index contributed by atoms with van der Waals surface area (Å²) in [4.78, 5) is 3.99. The van der Waals surface area contributed by atoms with E-state index in [1.807, 2.05) is 0 Å². The van der Waals surface area contributed by atoms with Gasteiger partial charge in [-0.15, -0.1) is 0 Å². The SMILES string of the molecule is CCCNC(c1cncc(F)c1)C1CCCC1C. The zero-order valence-electron chi connectivity index (χ0n) is 11.3. The van der Waals surface area contributed by atoms with Crippen LogP contribution in [-0.2, 0) is 0 Å². The van der Waals surface area contributed by atoms with Crippen LogP contribution in [-0.4, -0.2) is 11.5 Å². The molecule has 1 N–H and O–H groups in total. The Bertz CT molecular complexity index is 381. The van der Waals surface area contributed by atoms with Crippen LogP contribution in [0.25, 0.3) is 0 Å². The van der Waals surface area contributed by atoms with Gasteiger partial charge in [-0.2, -0.15) is 0 Å². The van der Waals surface area contributed by atoms with Gasteiger partial charge in [0.15, 0.2) is 0 Å². The molecular weight excluding hydrogens is 227 g/mol. The van der Waals surface area contributed by atoms with E-state index in [0.29, 0.717) is 11.8 Å². The summed E-state index contributed by atoms with van der Waals surface area (Å²) in [5, 5.41) is 3.58. The van der Waals surface area contributed by atoms with Crippen molar-refractivity contribution in [3.8, 4) is 0 Å². The summed E-state index contributed by atoms with van der Waals surface area (Å²) in [5.41, 5.74) is 1.00. The molecule has 3 unspecified atom stereocenters.